The third-order valence-electron chi connectivity index (χ3n) is 2.97. The lowest BCUT2D eigenvalue weighted by molar-refractivity contribution is 0.804. The number of pyridine rings is 1. The topological polar surface area (TPSA) is 53.9 Å². The smallest absolute Gasteiger partial charge is 0.224 e. The Hall–Kier alpha value is -2.17. The molecule has 0 saturated carbocycles. The molecule has 0 spiro atoms. The van der Waals surface area contributed by atoms with Crippen molar-refractivity contribution in [3.8, 4) is 0 Å². The Kier molecular flexibility index (Phi) is 4.28. The van der Waals surface area contributed by atoms with E-state index in [1.54, 1.807) is 0 Å². The van der Waals surface area contributed by atoms with E-state index >= 15 is 0 Å². The molecule has 1 N–H and O–H groups in total. The van der Waals surface area contributed by atoms with Gasteiger partial charge in [-0.1, -0.05) is 0 Å². The first-order valence-corrected chi connectivity index (χ1v) is 6.39. The van der Waals surface area contributed by atoms with Gasteiger partial charge in [0.1, 0.15) is 5.82 Å². The Morgan fingerprint density at radius 3 is 2.63 bits per heavy atom. The van der Waals surface area contributed by atoms with Gasteiger partial charge in [0.05, 0.1) is 0 Å². The Balaban J connectivity index is 2.26. The zero-order valence-corrected chi connectivity index (χ0v) is 11.6. The highest BCUT2D eigenvalue weighted by atomic mass is 15.2. The zero-order valence-electron chi connectivity index (χ0n) is 11.6. The molecule has 0 atom stereocenters. The lowest BCUT2D eigenvalue weighted by atomic mass is 10.2. The first-order chi connectivity index (χ1) is 9.24. The predicted octanol–water partition coefficient (Wildman–Crippen LogP) is 2.25. The summed E-state index contributed by atoms with van der Waals surface area (Å²) >= 11 is 0. The molecule has 2 aromatic rings. The van der Waals surface area contributed by atoms with E-state index in [1.807, 2.05) is 44.7 Å². The summed E-state index contributed by atoms with van der Waals surface area (Å²) in [6.45, 7) is 5.87. The van der Waals surface area contributed by atoms with Crippen LogP contribution >= 0.6 is 0 Å². The van der Waals surface area contributed by atoms with Crippen molar-refractivity contribution in [2.24, 2.45) is 0 Å². The Labute approximate surface area is 113 Å². The maximum absolute atomic E-state index is 4.55. The molecule has 2 rings (SSSR count). The number of hydrogen-bond donors (Lipinski definition) is 1. The minimum atomic E-state index is 0.647. The first-order valence-electron chi connectivity index (χ1n) is 6.39. The van der Waals surface area contributed by atoms with Gasteiger partial charge in [-0.3, -0.25) is 4.98 Å². The SMILES string of the molecule is CCN(Cc1ccncc1)c1nc(NC)ncc1C. The maximum Gasteiger partial charge on any atom is 0.224 e. The molecule has 0 radical (unpaired) electrons. The second-order valence-corrected chi connectivity index (χ2v) is 4.32. The van der Waals surface area contributed by atoms with Crippen molar-refractivity contribution in [2.75, 3.05) is 23.8 Å². The molecule has 100 valence electrons. The summed E-state index contributed by atoms with van der Waals surface area (Å²) in [6, 6.07) is 4.05. The van der Waals surface area contributed by atoms with E-state index in [-0.39, 0.29) is 0 Å². The highest BCUT2D eigenvalue weighted by molar-refractivity contribution is 5.49. The average molecular weight is 257 g/mol. The first kappa shape index (κ1) is 13.3. The fourth-order valence-electron chi connectivity index (χ4n) is 1.92. The summed E-state index contributed by atoms with van der Waals surface area (Å²) in [5.41, 5.74) is 2.30. The van der Waals surface area contributed by atoms with Gasteiger partial charge in [0.25, 0.3) is 0 Å². The van der Waals surface area contributed by atoms with Crippen molar-refractivity contribution in [1.82, 2.24) is 15.0 Å². The van der Waals surface area contributed by atoms with Crippen LogP contribution in [0.15, 0.2) is 30.7 Å². The third kappa shape index (κ3) is 3.19. The van der Waals surface area contributed by atoms with Crippen LogP contribution in [0.3, 0.4) is 0 Å². The van der Waals surface area contributed by atoms with E-state index in [2.05, 4.69) is 32.1 Å². The number of rotatable bonds is 5. The number of hydrogen-bond acceptors (Lipinski definition) is 5. The van der Waals surface area contributed by atoms with Gasteiger partial charge in [0.15, 0.2) is 0 Å². The highest BCUT2D eigenvalue weighted by Crippen LogP contribution is 2.19. The molecule has 0 aliphatic carbocycles. The fourth-order valence-corrected chi connectivity index (χ4v) is 1.92. The van der Waals surface area contributed by atoms with Gasteiger partial charge in [-0.05, 0) is 31.5 Å². The van der Waals surface area contributed by atoms with Crippen LogP contribution in [-0.2, 0) is 6.54 Å². The van der Waals surface area contributed by atoms with Crippen LogP contribution in [0.25, 0.3) is 0 Å². The zero-order chi connectivity index (χ0) is 13.7. The molecule has 0 aliphatic rings. The third-order valence-corrected chi connectivity index (χ3v) is 2.97. The maximum atomic E-state index is 4.55. The number of aromatic nitrogens is 3. The summed E-state index contributed by atoms with van der Waals surface area (Å²) in [6.07, 6.45) is 5.48. The van der Waals surface area contributed by atoms with Crippen molar-refractivity contribution in [1.29, 1.82) is 0 Å². The average Bonchev–Trinajstić information content (AvgIpc) is 2.47. The quantitative estimate of drug-likeness (QED) is 0.890. The molecule has 0 aromatic carbocycles. The van der Waals surface area contributed by atoms with E-state index in [0.717, 1.165) is 24.5 Å². The Morgan fingerprint density at radius 1 is 1.26 bits per heavy atom. The number of anilines is 2. The van der Waals surface area contributed by atoms with Gasteiger partial charge < -0.3 is 10.2 Å². The Morgan fingerprint density at radius 2 is 2.00 bits per heavy atom. The van der Waals surface area contributed by atoms with Crippen molar-refractivity contribution in [3.05, 3.63) is 41.9 Å². The van der Waals surface area contributed by atoms with Crippen LogP contribution in [-0.4, -0.2) is 28.5 Å². The molecule has 0 aliphatic heterocycles. The molecule has 0 amide bonds. The molecular formula is C14H19N5. The van der Waals surface area contributed by atoms with Gasteiger partial charge in [-0.15, -0.1) is 0 Å². The summed E-state index contributed by atoms with van der Waals surface area (Å²) in [5.74, 6) is 1.62. The number of nitrogens with one attached hydrogen (secondary N) is 1. The molecule has 5 heteroatoms. The van der Waals surface area contributed by atoms with Crippen LogP contribution in [0.1, 0.15) is 18.1 Å². The second kappa shape index (κ2) is 6.13. The van der Waals surface area contributed by atoms with Crippen LogP contribution in [0.5, 0.6) is 0 Å². The molecule has 2 aromatic heterocycles. The molecule has 2 heterocycles. The fraction of sp³-hybridized carbons (Fsp3) is 0.357. The molecule has 0 fully saturated rings. The molecule has 0 unspecified atom stereocenters. The highest BCUT2D eigenvalue weighted by Gasteiger charge is 2.11. The van der Waals surface area contributed by atoms with Crippen molar-refractivity contribution < 1.29 is 0 Å². The normalized spacial score (nSPS) is 10.3. The Bertz CT molecular complexity index is 527. The minimum absolute atomic E-state index is 0.647. The monoisotopic (exact) mass is 257 g/mol. The van der Waals surface area contributed by atoms with Crippen molar-refractivity contribution in [2.45, 2.75) is 20.4 Å². The molecule has 19 heavy (non-hydrogen) atoms. The van der Waals surface area contributed by atoms with Crippen LogP contribution in [0, 0.1) is 6.92 Å². The van der Waals surface area contributed by atoms with Gasteiger partial charge in [-0.25, -0.2) is 4.98 Å². The van der Waals surface area contributed by atoms with Crippen LogP contribution < -0.4 is 10.2 Å². The van der Waals surface area contributed by atoms with Crippen molar-refractivity contribution >= 4 is 11.8 Å². The van der Waals surface area contributed by atoms with Crippen LogP contribution in [0.2, 0.25) is 0 Å². The van der Waals surface area contributed by atoms with Gasteiger partial charge in [0, 0.05) is 44.3 Å². The minimum Gasteiger partial charge on any atom is -0.357 e. The molecule has 5 nitrogen and oxygen atoms in total. The summed E-state index contributed by atoms with van der Waals surface area (Å²) in [5, 5.41) is 2.98. The largest absolute Gasteiger partial charge is 0.357 e. The second-order valence-electron chi connectivity index (χ2n) is 4.32. The molecule has 0 saturated heterocycles. The van der Waals surface area contributed by atoms with Gasteiger partial charge in [-0.2, -0.15) is 4.98 Å². The summed E-state index contributed by atoms with van der Waals surface area (Å²) in [4.78, 5) is 15.0. The van der Waals surface area contributed by atoms with E-state index < -0.39 is 0 Å². The van der Waals surface area contributed by atoms with E-state index in [4.69, 9.17) is 0 Å². The lowest BCUT2D eigenvalue weighted by Gasteiger charge is -2.23. The van der Waals surface area contributed by atoms with Crippen LogP contribution in [0.4, 0.5) is 11.8 Å². The number of nitrogens with zero attached hydrogens (tertiary/aromatic N) is 4. The predicted molar refractivity (Wildman–Crippen MR) is 77.3 cm³/mol. The molecular weight excluding hydrogens is 238 g/mol. The summed E-state index contributed by atoms with van der Waals surface area (Å²) in [7, 11) is 1.83. The van der Waals surface area contributed by atoms with E-state index in [1.165, 1.54) is 5.56 Å². The van der Waals surface area contributed by atoms with Gasteiger partial charge >= 0.3 is 0 Å². The van der Waals surface area contributed by atoms with Crippen molar-refractivity contribution in [3.63, 3.8) is 0 Å². The van der Waals surface area contributed by atoms with E-state index in [0.29, 0.717) is 5.95 Å². The number of aryl methyl sites for hydroxylation is 1. The lowest BCUT2D eigenvalue weighted by Crippen LogP contribution is -2.24. The van der Waals surface area contributed by atoms with Gasteiger partial charge in [0.2, 0.25) is 5.95 Å². The standard InChI is InChI=1S/C14H19N5/c1-4-19(10-12-5-7-16-8-6-12)13-11(2)9-17-14(15-3)18-13/h5-9H,4,10H2,1-3H3,(H,15,17,18). The molecule has 0 bridgehead atoms. The van der Waals surface area contributed by atoms with E-state index in [9.17, 15) is 0 Å². The summed E-state index contributed by atoms with van der Waals surface area (Å²) < 4.78 is 0.